The van der Waals surface area contributed by atoms with Crippen LogP contribution in [0, 0.1) is 11.6 Å². The highest BCUT2D eigenvalue weighted by Crippen LogP contribution is 2.15. The summed E-state index contributed by atoms with van der Waals surface area (Å²) < 4.78 is 27.2. The monoisotopic (exact) mass is 388 g/mol. The van der Waals surface area contributed by atoms with Gasteiger partial charge < -0.3 is 10.2 Å². The molecular weight excluding hydrogens is 362 g/mol. The van der Waals surface area contributed by atoms with Gasteiger partial charge in [-0.3, -0.25) is 9.59 Å². The molecule has 2 aromatic carbocycles. The van der Waals surface area contributed by atoms with Gasteiger partial charge in [-0.05, 0) is 44.0 Å². The zero-order valence-electron chi connectivity index (χ0n) is 16.4. The number of halogens is 2. The van der Waals surface area contributed by atoms with Crippen LogP contribution >= 0.6 is 0 Å². The van der Waals surface area contributed by atoms with E-state index in [9.17, 15) is 18.4 Å². The van der Waals surface area contributed by atoms with E-state index in [1.54, 1.807) is 25.1 Å². The first-order valence-electron chi connectivity index (χ1n) is 9.39. The predicted molar refractivity (Wildman–Crippen MR) is 104 cm³/mol. The third kappa shape index (κ3) is 5.87. The van der Waals surface area contributed by atoms with E-state index < -0.39 is 11.9 Å². The molecule has 6 heteroatoms. The van der Waals surface area contributed by atoms with Crippen LogP contribution in [0.2, 0.25) is 0 Å². The van der Waals surface area contributed by atoms with Gasteiger partial charge >= 0.3 is 0 Å². The van der Waals surface area contributed by atoms with E-state index in [1.165, 1.54) is 35.2 Å². The second-order valence-electron chi connectivity index (χ2n) is 6.91. The van der Waals surface area contributed by atoms with Gasteiger partial charge in [0.15, 0.2) is 0 Å². The molecule has 2 atom stereocenters. The quantitative estimate of drug-likeness (QED) is 0.747. The van der Waals surface area contributed by atoms with Crippen molar-refractivity contribution >= 4 is 11.8 Å². The molecule has 0 saturated heterocycles. The number of hydrogen-bond donors (Lipinski definition) is 1. The van der Waals surface area contributed by atoms with Gasteiger partial charge in [0.1, 0.15) is 17.7 Å². The van der Waals surface area contributed by atoms with E-state index in [1.807, 2.05) is 13.8 Å². The van der Waals surface area contributed by atoms with Crippen LogP contribution in [-0.4, -0.2) is 28.8 Å². The van der Waals surface area contributed by atoms with Crippen molar-refractivity contribution in [3.8, 4) is 0 Å². The Morgan fingerprint density at radius 2 is 1.68 bits per heavy atom. The zero-order valence-corrected chi connectivity index (χ0v) is 16.4. The minimum absolute atomic E-state index is 0.00428. The molecule has 0 spiro atoms. The molecular formula is C22H26F2N2O2. The maximum atomic E-state index is 14.1. The summed E-state index contributed by atoms with van der Waals surface area (Å²) in [7, 11) is 0. The predicted octanol–water partition coefficient (Wildman–Crippen LogP) is 3.84. The van der Waals surface area contributed by atoms with Crippen molar-refractivity contribution in [3.05, 3.63) is 71.3 Å². The molecule has 0 aliphatic heterocycles. The zero-order chi connectivity index (χ0) is 20.7. The lowest BCUT2D eigenvalue weighted by atomic mass is 10.1. The number of hydrogen-bond acceptors (Lipinski definition) is 2. The summed E-state index contributed by atoms with van der Waals surface area (Å²) in [4.78, 5) is 26.9. The number of carbonyl (C=O) groups excluding carboxylic acids is 2. The molecule has 4 nitrogen and oxygen atoms in total. The normalized spacial score (nSPS) is 12.9. The van der Waals surface area contributed by atoms with Crippen LogP contribution in [0.4, 0.5) is 8.78 Å². The van der Waals surface area contributed by atoms with Crippen LogP contribution in [0.25, 0.3) is 0 Å². The summed E-state index contributed by atoms with van der Waals surface area (Å²) in [6, 6.07) is 11.0. The Morgan fingerprint density at radius 1 is 1.04 bits per heavy atom. The second kappa shape index (κ2) is 9.97. The number of nitrogens with one attached hydrogen (secondary N) is 1. The third-order valence-electron chi connectivity index (χ3n) is 4.74. The molecule has 2 amide bonds. The molecule has 0 unspecified atom stereocenters. The average Bonchev–Trinajstić information content (AvgIpc) is 2.68. The fourth-order valence-electron chi connectivity index (χ4n) is 2.74. The topological polar surface area (TPSA) is 49.4 Å². The lowest BCUT2D eigenvalue weighted by Crippen LogP contribution is -2.50. The number of benzene rings is 2. The van der Waals surface area contributed by atoms with Crippen LogP contribution in [0.5, 0.6) is 0 Å². The second-order valence-corrected chi connectivity index (χ2v) is 6.91. The Labute approximate surface area is 164 Å². The number of nitrogens with zero attached hydrogens (tertiary/aromatic N) is 1. The minimum Gasteiger partial charge on any atom is -0.352 e. The van der Waals surface area contributed by atoms with Crippen molar-refractivity contribution < 1.29 is 18.4 Å². The molecule has 0 aliphatic rings. The Kier molecular flexibility index (Phi) is 7.67. The van der Waals surface area contributed by atoms with E-state index in [-0.39, 0.29) is 36.6 Å². The first-order chi connectivity index (χ1) is 13.3. The SMILES string of the molecule is CC[C@@H](C)NC(=O)[C@H](C)N(Cc1ccccc1F)C(=O)Cc1ccc(F)cc1. The van der Waals surface area contributed by atoms with Gasteiger partial charge in [0.25, 0.3) is 0 Å². The van der Waals surface area contributed by atoms with Crippen LogP contribution < -0.4 is 5.32 Å². The molecule has 0 fully saturated rings. The van der Waals surface area contributed by atoms with E-state index in [2.05, 4.69) is 5.32 Å². The Balaban J connectivity index is 2.23. The van der Waals surface area contributed by atoms with Gasteiger partial charge in [-0.1, -0.05) is 37.3 Å². The van der Waals surface area contributed by atoms with Gasteiger partial charge in [-0.2, -0.15) is 0 Å². The smallest absolute Gasteiger partial charge is 0.242 e. The van der Waals surface area contributed by atoms with Crippen molar-refractivity contribution in [2.45, 2.75) is 52.2 Å². The van der Waals surface area contributed by atoms with Crippen molar-refractivity contribution in [3.63, 3.8) is 0 Å². The standard InChI is InChI=1S/C22H26F2N2O2/c1-4-15(2)25-22(28)16(3)26(14-18-7-5-6-8-20(18)24)21(27)13-17-9-11-19(23)12-10-17/h5-12,15-16H,4,13-14H2,1-3H3,(H,25,28)/t15-,16+/m1/s1. The van der Waals surface area contributed by atoms with E-state index >= 15 is 0 Å². The fourth-order valence-corrected chi connectivity index (χ4v) is 2.74. The summed E-state index contributed by atoms with van der Waals surface area (Å²) in [5.41, 5.74) is 0.956. The highest BCUT2D eigenvalue weighted by Gasteiger charge is 2.27. The van der Waals surface area contributed by atoms with Gasteiger partial charge in [0, 0.05) is 18.2 Å². The molecule has 2 rings (SSSR count). The minimum atomic E-state index is -0.776. The van der Waals surface area contributed by atoms with E-state index in [0.29, 0.717) is 11.1 Å². The first-order valence-corrected chi connectivity index (χ1v) is 9.39. The lowest BCUT2D eigenvalue weighted by Gasteiger charge is -2.30. The van der Waals surface area contributed by atoms with Crippen LogP contribution in [0.3, 0.4) is 0 Å². The van der Waals surface area contributed by atoms with Crippen molar-refractivity contribution in [1.29, 1.82) is 0 Å². The van der Waals surface area contributed by atoms with Gasteiger partial charge in [0.05, 0.1) is 6.42 Å². The van der Waals surface area contributed by atoms with E-state index in [0.717, 1.165) is 6.42 Å². The van der Waals surface area contributed by atoms with Gasteiger partial charge in [-0.25, -0.2) is 8.78 Å². The Bertz CT molecular complexity index is 808. The lowest BCUT2D eigenvalue weighted by molar-refractivity contribution is -0.140. The van der Waals surface area contributed by atoms with Crippen molar-refractivity contribution in [1.82, 2.24) is 10.2 Å². The van der Waals surface area contributed by atoms with Crippen LogP contribution in [0.1, 0.15) is 38.3 Å². The maximum absolute atomic E-state index is 14.1. The van der Waals surface area contributed by atoms with Crippen molar-refractivity contribution in [2.75, 3.05) is 0 Å². The fraction of sp³-hybridized carbons (Fsp3) is 0.364. The Hall–Kier alpha value is -2.76. The highest BCUT2D eigenvalue weighted by molar-refractivity contribution is 5.88. The third-order valence-corrected chi connectivity index (χ3v) is 4.74. The summed E-state index contributed by atoms with van der Waals surface area (Å²) in [6.07, 6.45) is 0.755. The largest absolute Gasteiger partial charge is 0.352 e. The molecule has 28 heavy (non-hydrogen) atoms. The number of rotatable bonds is 8. The molecule has 2 aromatic rings. The maximum Gasteiger partial charge on any atom is 0.242 e. The first kappa shape index (κ1) is 21.5. The molecule has 0 aliphatic carbocycles. The van der Waals surface area contributed by atoms with Gasteiger partial charge in [-0.15, -0.1) is 0 Å². The Morgan fingerprint density at radius 3 is 2.29 bits per heavy atom. The van der Waals surface area contributed by atoms with Crippen LogP contribution in [-0.2, 0) is 22.6 Å². The highest BCUT2D eigenvalue weighted by atomic mass is 19.1. The summed E-state index contributed by atoms with van der Waals surface area (Å²) in [5.74, 6) is -1.45. The van der Waals surface area contributed by atoms with Gasteiger partial charge in [0.2, 0.25) is 11.8 Å². The van der Waals surface area contributed by atoms with E-state index in [4.69, 9.17) is 0 Å². The number of carbonyl (C=O) groups is 2. The summed E-state index contributed by atoms with van der Waals surface area (Å²) in [6.45, 7) is 5.43. The molecule has 0 saturated carbocycles. The molecule has 1 N–H and O–H groups in total. The summed E-state index contributed by atoms with van der Waals surface area (Å²) in [5, 5.41) is 2.86. The molecule has 0 radical (unpaired) electrons. The average molecular weight is 388 g/mol. The number of amides is 2. The molecule has 0 heterocycles. The summed E-state index contributed by atoms with van der Waals surface area (Å²) >= 11 is 0. The van der Waals surface area contributed by atoms with Crippen molar-refractivity contribution in [2.24, 2.45) is 0 Å². The molecule has 0 bridgehead atoms. The molecule has 0 aromatic heterocycles. The van der Waals surface area contributed by atoms with Crippen LogP contribution in [0.15, 0.2) is 48.5 Å². The molecule has 150 valence electrons.